The van der Waals surface area contributed by atoms with Gasteiger partial charge in [-0.25, -0.2) is 0 Å². The second kappa shape index (κ2) is 8.21. The SMILES string of the molecule is CN(C)CCNC(=O)c1cc(-c2cccc(Cl)c2)[nH]c1-c1ccccc1. The second-order valence-electron chi connectivity index (χ2n) is 6.41. The summed E-state index contributed by atoms with van der Waals surface area (Å²) in [6.45, 7) is 1.38. The van der Waals surface area contributed by atoms with Crippen molar-refractivity contribution in [1.82, 2.24) is 15.2 Å². The van der Waals surface area contributed by atoms with Crippen molar-refractivity contribution in [3.8, 4) is 22.5 Å². The molecule has 26 heavy (non-hydrogen) atoms. The molecule has 5 heteroatoms. The van der Waals surface area contributed by atoms with Crippen molar-refractivity contribution >= 4 is 17.5 Å². The van der Waals surface area contributed by atoms with E-state index in [4.69, 9.17) is 11.6 Å². The molecule has 0 unspecified atom stereocenters. The molecular formula is C21H22ClN3O. The highest BCUT2D eigenvalue weighted by atomic mass is 35.5. The van der Waals surface area contributed by atoms with Crippen molar-refractivity contribution < 1.29 is 4.79 Å². The van der Waals surface area contributed by atoms with Crippen molar-refractivity contribution in [1.29, 1.82) is 0 Å². The zero-order valence-electron chi connectivity index (χ0n) is 14.9. The number of aromatic nitrogens is 1. The number of nitrogens with zero attached hydrogens (tertiary/aromatic N) is 1. The van der Waals surface area contributed by atoms with Crippen LogP contribution in [0, 0.1) is 0 Å². The molecule has 1 aromatic heterocycles. The topological polar surface area (TPSA) is 48.1 Å². The Morgan fingerprint density at radius 3 is 2.46 bits per heavy atom. The summed E-state index contributed by atoms with van der Waals surface area (Å²) in [7, 11) is 3.96. The summed E-state index contributed by atoms with van der Waals surface area (Å²) < 4.78 is 0. The minimum absolute atomic E-state index is 0.0877. The van der Waals surface area contributed by atoms with Crippen LogP contribution < -0.4 is 5.32 Å². The molecule has 2 aromatic carbocycles. The van der Waals surface area contributed by atoms with Gasteiger partial charge in [-0.15, -0.1) is 0 Å². The zero-order chi connectivity index (χ0) is 18.5. The first-order chi connectivity index (χ1) is 12.5. The van der Waals surface area contributed by atoms with Gasteiger partial charge in [-0.3, -0.25) is 4.79 Å². The summed E-state index contributed by atoms with van der Waals surface area (Å²) in [6, 6.07) is 19.3. The number of aromatic amines is 1. The Labute approximate surface area is 158 Å². The molecule has 0 aliphatic carbocycles. The Hall–Kier alpha value is -2.56. The molecule has 0 spiro atoms. The van der Waals surface area contributed by atoms with E-state index in [1.54, 1.807) is 0 Å². The first-order valence-corrected chi connectivity index (χ1v) is 8.89. The number of halogens is 1. The van der Waals surface area contributed by atoms with Crippen LogP contribution in [0.4, 0.5) is 0 Å². The van der Waals surface area contributed by atoms with E-state index >= 15 is 0 Å². The van der Waals surface area contributed by atoms with E-state index in [2.05, 4.69) is 10.3 Å². The third kappa shape index (κ3) is 4.34. The van der Waals surface area contributed by atoms with Crippen molar-refractivity contribution in [2.75, 3.05) is 27.2 Å². The van der Waals surface area contributed by atoms with E-state index < -0.39 is 0 Å². The first kappa shape index (κ1) is 18.2. The molecule has 1 amide bonds. The molecule has 0 aliphatic rings. The fourth-order valence-electron chi connectivity index (χ4n) is 2.77. The predicted molar refractivity (Wildman–Crippen MR) is 108 cm³/mol. The fourth-order valence-corrected chi connectivity index (χ4v) is 2.96. The van der Waals surface area contributed by atoms with Gasteiger partial charge in [0.1, 0.15) is 0 Å². The van der Waals surface area contributed by atoms with Gasteiger partial charge in [0.2, 0.25) is 0 Å². The molecule has 1 heterocycles. The maximum absolute atomic E-state index is 12.8. The van der Waals surface area contributed by atoms with Crippen LogP contribution >= 0.6 is 11.6 Å². The number of carbonyl (C=O) groups excluding carboxylic acids is 1. The zero-order valence-corrected chi connectivity index (χ0v) is 15.7. The number of likely N-dealkylation sites (N-methyl/N-ethyl adjacent to an activating group) is 1. The number of benzene rings is 2. The van der Waals surface area contributed by atoms with Gasteiger partial charge in [-0.2, -0.15) is 0 Å². The van der Waals surface area contributed by atoms with Crippen molar-refractivity contribution in [3.63, 3.8) is 0 Å². The highest BCUT2D eigenvalue weighted by Crippen LogP contribution is 2.30. The van der Waals surface area contributed by atoms with Crippen molar-refractivity contribution in [2.45, 2.75) is 0 Å². The van der Waals surface area contributed by atoms with Gasteiger partial charge in [-0.05, 0) is 43.4 Å². The number of amides is 1. The van der Waals surface area contributed by atoms with E-state index in [9.17, 15) is 4.79 Å². The minimum Gasteiger partial charge on any atom is -0.354 e. The molecule has 3 rings (SSSR count). The fraction of sp³-hybridized carbons (Fsp3) is 0.190. The molecule has 2 N–H and O–H groups in total. The number of hydrogen-bond acceptors (Lipinski definition) is 2. The lowest BCUT2D eigenvalue weighted by molar-refractivity contribution is 0.0952. The van der Waals surface area contributed by atoms with E-state index in [1.807, 2.05) is 79.7 Å². The molecule has 0 fully saturated rings. The van der Waals surface area contributed by atoms with Gasteiger partial charge >= 0.3 is 0 Å². The van der Waals surface area contributed by atoms with Gasteiger partial charge < -0.3 is 15.2 Å². The molecule has 4 nitrogen and oxygen atoms in total. The highest BCUT2D eigenvalue weighted by molar-refractivity contribution is 6.30. The average Bonchev–Trinajstić information content (AvgIpc) is 3.07. The summed E-state index contributed by atoms with van der Waals surface area (Å²) in [6.07, 6.45) is 0. The lowest BCUT2D eigenvalue weighted by Crippen LogP contribution is -2.31. The number of nitrogens with one attached hydrogen (secondary N) is 2. The number of hydrogen-bond donors (Lipinski definition) is 2. The van der Waals surface area contributed by atoms with Gasteiger partial charge in [0, 0.05) is 23.8 Å². The number of carbonyl (C=O) groups is 1. The first-order valence-electron chi connectivity index (χ1n) is 8.52. The van der Waals surface area contributed by atoms with Gasteiger partial charge in [0.25, 0.3) is 5.91 Å². The number of H-pyrrole nitrogens is 1. The van der Waals surface area contributed by atoms with Gasteiger partial charge in [0.15, 0.2) is 0 Å². The lowest BCUT2D eigenvalue weighted by Gasteiger charge is -2.10. The predicted octanol–water partition coefficient (Wildman–Crippen LogP) is 4.29. The summed E-state index contributed by atoms with van der Waals surface area (Å²) in [5.74, 6) is -0.0877. The smallest absolute Gasteiger partial charge is 0.253 e. The summed E-state index contributed by atoms with van der Waals surface area (Å²) in [5.41, 5.74) is 4.22. The molecule has 0 bridgehead atoms. The van der Waals surface area contributed by atoms with Crippen molar-refractivity contribution in [2.24, 2.45) is 0 Å². The monoisotopic (exact) mass is 367 g/mol. The molecule has 0 aliphatic heterocycles. The van der Waals surface area contributed by atoms with Gasteiger partial charge in [0.05, 0.1) is 11.3 Å². The minimum atomic E-state index is -0.0877. The van der Waals surface area contributed by atoms with E-state index in [1.165, 1.54) is 0 Å². The third-order valence-corrected chi connectivity index (χ3v) is 4.34. The lowest BCUT2D eigenvalue weighted by atomic mass is 10.1. The van der Waals surface area contributed by atoms with E-state index in [0.717, 1.165) is 29.1 Å². The highest BCUT2D eigenvalue weighted by Gasteiger charge is 2.17. The van der Waals surface area contributed by atoms with E-state index in [-0.39, 0.29) is 5.91 Å². The Kier molecular flexibility index (Phi) is 5.76. The van der Waals surface area contributed by atoms with Crippen LogP contribution in [0.1, 0.15) is 10.4 Å². The Bertz CT molecular complexity index is 887. The van der Waals surface area contributed by atoms with Crippen molar-refractivity contribution in [3.05, 3.63) is 71.2 Å². The normalized spacial score (nSPS) is 10.9. The standard InChI is InChI=1S/C21H22ClN3O/c1-25(2)12-11-23-21(26)18-14-19(16-9-6-10-17(22)13-16)24-20(18)15-7-4-3-5-8-15/h3-10,13-14,24H,11-12H2,1-2H3,(H,23,26). The molecule has 0 saturated carbocycles. The Morgan fingerprint density at radius 2 is 1.77 bits per heavy atom. The second-order valence-corrected chi connectivity index (χ2v) is 6.84. The molecule has 0 atom stereocenters. The van der Waals surface area contributed by atoms with Crippen LogP contribution in [0.25, 0.3) is 22.5 Å². The van der Waals surface area contributed by atoms with Crippen LogP contribution in [0.5, 0.6) is 0 Å². The Balaban J connectivity index is 1.97. The summed E-state index contributed by atoms with van der Waals surface area (Å²) in [5, 5.41) is 3.65. The van der Waals surface area contributed by atoms with Crippen LogP contribution in [0.2, 0.25) is 5.02 Å². The molecule has 134 valence electrons. The number of rotatable bonds is 6. The summed E-state index contributed by atoms with van der Waals surface area (Å²) >= 11 is 6.12. The quantitative estimate of drug-likeness (QED) is 0.682. The van der Waals surface area contributed by atoms with Crippen LogP contribution in [-0.4, -0.2) is 43.0 Å². The van der Waals surface area contributed by atoms with Crippen LogP contribution in [-0.2, 0) is 0 Å². The molecule has 3 aromatic rings. The molecular weight excluding hydrogens is 346 g/mol. The van der Waals surface area contributed by atoms with E-state index in [0.29, 0.717) is 17.1 Å². The maximum Gasteiger partial charge on any atom is 0.253 e. The average molecular weight is 368 g/mol. The largest absolute Gasteiger partial charge is 0.354 e. The maximum atomic E-state index is 12.8. The Morgan fingerprint density at radius 1 is 1.04 bits per heavy atom. The van der Waals surface area contributed by atoms with Gasteiger partial charge in [-0.1, -0.05) is 54.1 Å². The molecule has 0 saturated heterocycles. The van der Waals surface area contributed by atoms with Crippen LogP contribution in [0.15, 0.2) is 60.7 Å². The molecule has 0 radical (unpaired) electrons. The summed E-state index contributed by atoms with van der Waals surface area (Å²) in [4.78, 5) is 18.2. The third-order valence-electron chi connectivity index (χ3n) is 4.10. The van der Waals surface area contributed by atoms with Crippen LogP contribution in [0.3, 0.4) is 0 Å².